The van der Waals surface area contributed by atoms with Gasteiger partial charge in [0.15, 0.2) is 17.3 Å². The van der Waals surface area contributed by atoms with E-state index in [9.17, 15) is 0 Å². The first-order valence-electron chi connectivity index (χ1n) is 8.22. The van der Waals surface area contributed by atoms with Crippen LogP contribution in [0.3, 0.4) is 0 Å². The number of hydrogen-bond donors (Lipinski definition) is 2. The van der Waals surface area contributed by atoms with E-state index in [1.807, 2.05) is 18.2 Å². The van der Waals surface area contributed by atoms with Crippen LogP contribution in [0.4, 0.5) is 11.5 Å². The number of nitrogens with two attached hydrogens (primary N) is 1. The highest BCUT2D eigenvalue weighted by atomic mass is 16.5. The lowest BCUT2D eigenvalue weighted by molar-refractivity contribution is 0.188. The summed E-state index contributed by atoms with van der Waals surface area (Å²) in [5.74, 6) is 2.14. The maximum absolute atomic E-state index is 9.04. The van der Waals surface area contributed by atoms with Crippen LogP contribution >= 0.6 is 0 Å². The highest BCUT2D eigenvalue weighted by Gasteiger charge is 2.22. The quantitative estimate of drug-likeness (QED) is 0.799. The van der Waals surface area contributed by atoms with Gasteiger partial charge in [0.2, 0.25) is 5.88 Å². The summed E-state index contributed by atoms with van der Waals surface area (Å²) in [4.78, 5) is 12.8. The highest BCUT2D eigenvalue weighted by molar-refractivity contribution is 5.68. The molecule has 0 unspecified atom stereocenters. The molecule has 1 fully saturated rings. The summed E-state index contributed by atoms with van der Waals surface area (Å²) in [6, 6.07) is 7.34. The molecule has 25 heavy (non-hydrogen) atoms. The summed E-state index contributed by atoms with van der Waals surface area (Å²) >= 11 is 0. The lowest BCUT2D eigenvalue weighted by atomic mass is 10.3. The van der Waals surface area contributed by atoms with Crippen LogP contribution in [0.2, 0.25) is 0 Å². The van der Waals surface area contributed by atoms with E-state index in [0.29, 0.717) is 35.4 Å². The van der Waals surface area contributed by atoms with Gasteiger partial charge >= 0.3 is 0 Å². The SMILES string of the molecule is COc1ccccc1Oc1ncnc(N2CCN(CCO)CC2)c1N. The fourth-order valence-corrected chi connectivity index (χ4v) is 2.84. The van der Waals surface area contributed by atoms with Gasteiger partial charge in [0.1, 0.15) is 12.0 Å². The van der Waals surface area contributed by atoms with Crippen molar-refractivity contribution in [3.05, 3.63) is 30.6 Å². The molecule has 1 saturated heterocycles. The molecule has 0 saturated carbocycles. The van der Waals surface area contributed by atoms with Gasteiger partial charge in [-0.3, -0.25) is 4.90 Å². The number of nitrogen functional groups attached to an aromatic ring is 1. The van der Waals surface area contributed by atoms with Crippen molar-refractivity contribution < 1.29 is 14.6 Å². The number of anilines is 2. The van der Waals surface area contributed by atoms with Crippen molar-refractivity contribution in [2.45, 2.75) is 0 Å². The Morgan fingerprint density at radius 1 is 1.12 bits per heavy atom. The second-order valence-electron chi connectivity index (χ2n) is 5.72. The molecule has 2 aromatic rings. The van der Waals surface area contributed by atoms with Crippen LogP contribution in [-0.4, -0.2) is 66.4 Å². The minimum Gasteiger partial charge on any atom is -0.493 e. The summed E-state index contributed by atoms with van der Waals surface area (Å²) in [5, 5.41) is 9.04. The number of aliphatic hydroxyl groups is 1. The summed E-state index contributed by atoms with van der Waals surface area (Å²) in [7, 11) is 1.59. The molecule has 2 heterocycles. The van der Waals surface area contributed by atoms with Crippen LogP contribution in [0, 0.1) is 0 Å². The third-order valence-electron chi connectivity index (χ3n) is 4.19. The summed E-state index contributed by atoms with van der Waals surface area (Å²) in [6.07, 6.45) is 1.45. The Bertz CT molecular complexity index is 704. The molecule has 134 valence electrons. The van der Waals surface area contributed by atoms with Gasteiger partial charge in [0, 0.05) is 32.7 Å². The Hall–Kier alpha value is -2.58. The van der Waals surface area contributed by atoms with Crippen molar-refractivity contribution in [2.75, 3.05) is 57.1 Å². The minimum absolute atomic E-state index is 0.173. The van der Waals surface area contributed by atoms with Crippen molar-refractivity contribution in [3.8, 4) is 17.4 Å². The van der Waals surface area contributed by atoms with E-state index in [2.05, 4.69) is 19.8 Å². The fraction of sp³-hybridized carbons (Fsp3) is 0.412. The molecule has 8 nitrogen and oxygen atoms in total. The zero-order chi connectivity index (χ0) is 17.6. The number of aromatic nitrogens is 2. The second kappa shape index (κ2) is 8.00. The monoisotopic (exact) mass is 345 g/mol. The van der Waals surface area contributed by atoms with Gasteiger partial charge in [-0.05, 0) is 12.1 Å². The van der Waals surface area contributed by atoms with E-state index >= 15 is 0 Å². The van der Waals surface area contributed by atoms with Crippen LogP contribution < -0.4 is 20.1 Å². The number of benzene rings is 1. The molecule has 1 aliphatic rings. The lowest BCUT2D eigenvalue weighted by Crippen LogP contribution is -2.47. The van der Waals surface area contributed by atoms with Crippen LogP contribution in [0.25, 0.3) is 0 Å². The van der Waals surface area contributed by atoms with Crippen molar-refractivity contribution >= 4 is 11.5 Å². The summed E-state index contributed by atoms with van der Waals surface area (Å²) in [5.41, 5.74) is 6.67. The molecular weight excluding hydrogens is 322 g/mol. The molecule has 1 aromatic carbocycles. The number of rotatable bonds is 6. The van der Waals surface area contributed by atoms with Gasteiger partial charge in [-0.2, -0.15) is 4.98 Å². The van der Waals surface area contributed by atoms with Crippen molar-refractivity contribution in [2.24, 2.45) is 0 Å². The Labute approximate surface area is 146 Å². The number of β-amino-alcohol motifs (C(OH)–C–C–N with tert-alkyl or cyclic N) is 1. The van der Waals surface area contributed by atoms with Crippen molar-refractivity contribution in [1.29, 1.82) is 0 Å². The number of aliphatic hydroxyl groups excluding tert-OH is 1. The zero-order valence-electron chi connectivity index (χ0n) is 14.3. The highest BCUT2D eigenvalue weighted by Crippen LogP contribution is 2.35. The average Bonchev–Trinajstić information content (AvgIpc) is 2.65. The third-order valence-corrected chi connectivity index (χ3v) is 4.19. The summed E-state index contributed by atoms with van der Waals surface area (Å²) < 4.78 is 11.1. The van der Waals surface area contributed by atoms with Gasteiger partial charge in [-0.1, -0.05) is 12.1 Å². The third kappa shape index (κ3) is 3.92. The number of hydrogen-bond acceptors (Lipinski definition) is 8. The molecule has 0 spiro atoms. The normalized spacial score (nSPS) is 15.2. The molecular formula is C17H23N5O3. The molecule has 3 N–H and O–H groups in total. The molecule has 0 atom stereocenters. The molecule has 1 aromatic heterocycles. The van der Waals surface area contributed by atoms with E-state index < -0.39 is 0 Å². The predicted octanol–water partition coefficient (Wildman–Crippen LogP) is 0.974. The van der Waals surface area contributed by atoms with E-state index in [0.717, 1.165) is 26.2 Å². The number of piperazine rings is 1. The van der Waals surface area contributed by atoms with Gasteiger partial charge in [-0.15, -0.1) is 0 Å². The van der Waals surface area contributed by atoms with Crippen LogP contribution in [-0.2, 0) is 0 Å². The number of methoxy groups -OCH3 is 1. The van der Waals surface area contributed by atoms with E-state index in [4.69, 9.17) is 20.3 Å². The molecule has 1 aliphatic heterocycles. The zero-order valence-corrected chi connectivity index (χ0v) is 14.3. The largest absolute Gasteiger partial charge is 0.493 e. The number of para-hydroxylation sites is 2. The molecule has 0 aliphatic carbocycles. The van der Waals surface area contributed by atoms with Gasteiger partial charge < -0.3 is 25.2 Å². The Kier molecular flexibility index (Phi) is 5.52. The van der Waals surface area contributed by atoms with Crippen molar-refractivity contribution in [1.82, 2.24) is 14.9 Å². The standard InChI is InChI=1S/C17H23N5O3/c1-24-13-4-2-3-5-14(13)25-17-15(18)16(19-12-20-17)22-8-6-21(7-9-22)10-11-23/h2-5,12,23H,6-11,18H2,1H3. The number of nitrogens with zero attached hydrogens (tertiary/aromatic N) is 4. The number of ether oxygens (including phenoxy) is 2. The predicted molar refractivity (Wildman–Crippen MR) is 95.3 cm³/mol. The molecule has 3 rings (SSSR count). The first-order chi connectivity index (χ1) is 12.2. The molecule has 0 amide bonds. The topological polar surface area (TPSA) is 97.0 Å². The van der Waals surface area contributed by atoms with Crippen molar-refractivity contribution in [3.63, 3.8) is 0 Å². The van der Waals surface area contributed by atoms with Gasteiger partial charge in [0.05, 0.1) is 13.7 Å². The fourth-order valence-electron chi connectivity index (χ4n) is 2.84. The first-order valence-corrected chi connectivity index (χ1v) is 8.22. The lowest BCUT2D eigenvalue weighted by Gasteiger charge is -2.35. The van der Waals surface area contributed by atoms with E-state index in [1.165, 1.54) is 6.33 Å². The maximum Gasteiger partial charge on any atom is 0.248 e. The Morgan fingerprint density at radius 3 is 2.52 bits per heavy atom. The van der Waals surface area contributed by atoms with Gasteiger partial charge in [-0.25, -0.2) is 4.98 Å². The van der Waals surface area contributed by atoms with E-state index in [-0.39, 0.29) is 6.61 Å². The average molecular weight is 345 g/mol. The maximum atomic E-state index is 9.04. The smallest absolute Gasteiger partial charge is 0.248 e. The van der Waals surface area contributed by atoms with E-state index in [1.54, 1.807) is 13.2 Å². The molecule has 8 heteroatoms. The molecule has 0 bridgehead atoms. The Balaban J connectivity index is 1.77. The minimum atomic E-state index is 0.173. The summed E-state index contributed by atoms with van der Waals surface area (Å²) in [6.45, 7) is 4.14. The Morgan fingerprint density at radius 2 is 1.84 bits per heavy atom. The first kappa shape index (κ1) is 17.2. The van der Waals surface area contributed by atoms with Crippen LogP contribution in [0.5, 0.6) is 17.4 Å². The molecule has 0 radical (unpaired) electrons. The van der Waals surface area contributed by atoms with Gasteiger partial charge in [0.25, 0.3) is 0 Å². The second-order valence-corrected chi connectivity index (χ2v) is 5.72. The van der Waals surface area contributed by atoms with Crippen LogP contribution in [0.15, 0.2) is 30.6 Å². The van der Waals surface area contributed by atoms with Crippen LogP contribution in [0.1, 0.15) is 0 Å².